The molecule has 0 radical (unpaired) electrons. The first kappa shape index (κ1) is 9.61. The molecular formula is C9H9FO3S. The maximum absolute atomic E-state index is 13.1. The maximum Gasteiger partial charge on any atom is 0.183 e. The molecule has 1 aromatic carbocycles. The molecular weight excluding hydrogens is 207 g/mol. The van der Waals surface area contributed by atoms with E-state index in [4.69, 9.17) is 4.74 Å². The molecule has 1 aliphatic heterocycles. The first-order valence-electron chi connectivity index (χ1n) is 4.18. The van der Waals surface area contributed by atoms with Crippen LogP contribution < -0.4 is 0 Å². The topological polar surface area (TPSA) is 46.7 Å². The van der Waals surface area contributed by atoms with Crippen LogP contribution in [0.1, 0.15) is 0 Å². The van der Waals surface area contributed by atoms with Gasteiger partial charge in [0.25, 0.3) is 0 Å². The van der Waals surface area contributed by atoms with E-state index >= 15 is 0 Å². The van der Waals surface area contributed by atoms with Crippen molar-refractivity contribution in [3.05, 3.63) is 30.1 Å². The highest BCUT2D eigenvalue weighted by atomic mass is 32.2. The van der Waals surface area contributed by atoms with Crippen molar-refractivity contribution in [2.45, 2.75) is 11.0 Å². The van der Waals surface area contributed by atoms with E-state index in [0.29, 0.717) is 6.61 Å². The van der Waals surface area contributed by atoms with Crippen LogP contribution in [0.4, 0.5) is 4.39 Å². The fourth-order valence-electron chi connectivity index (χ4n) is 1.20. The minimum absolute atomic E-state index is 0.131. The first-order valence-corrected chi connectivity index (χ1v) is 5.84. The van der Waals surface area contributed by atoms with Crippen molar-refractivity contribution < 1.29 is 17.5 Å². The largest absolute Gasteiger partial charge is 0.372 e. The number of sulfone groups is 1. The first-order chi connectivity index (χ1) is 6.59. The second-order valence-electron chi connectivity index (χ2n) is 3.17. The van der Waals surface area contributed by atoms with Crippen molar-refractivity contribution in [3.63, 3.8) is 0 Å². The average Bonchev–Trinajstić information content (AvgIpc) is 2.88. The van der Waals surface area contributed by atoms with Gasteiger partial charge in [-0.25, -0.2) is 12.8 Å². The number of rotatable bonds is 3. The molecule has 1 saturated heterocycles. The van der Waals surface area contributed by atoms with Crippen LogP contribution in [0.15, 0.2) is 29.2 Å². The Labute approximate surface area is 81.4 Å². The van der Waals surface area contributed by atoms with E-state index in [1.54, 1.807) is 0 Å². The van der Waals surface area contributed by atoms with Crippen molar-refractivity contribution in [3.8, 4) is 0 Å². The zero-order valence-corrected chi connectivity index (χ0v) is 8.13. The van der Waals surface area contributed by atoms with E-state index in [9.17, 15) is 12.8 Å². The molecule has 0 saturated carbocycles. The van der Waals surface area contributed by atoms with E-state index in [1.165, 1.54) is 18.2 Å². The molecule has 2 rings (SSSR count). The molecule has 1 aromatic rings. The second-order valence-corrected chi connectivity index (χ2v) is 5.17. The summed E-state index contributed by atoms with van der Waals surface area (Å²) in [6, 6.07) is 5.37. The summed E-state index contributed by atoms with van der Waals surface area (Å²) in [7, 11) is -3.53. The highest BCUT2D eigenvalue weighted by molar-refractivity contribution is 7.91. The minimum Gasteiger partial charge on any atom is -0.372 e. The molecule has 0 N–H and O–H groups in total. The summed E-state index contributed by atoms with van der Waals surface area (Å²) in [6.45, 7) is 0.452. The SMILES string of the molecule is O=S(=O)(C[C@@H]1CO1)c1ccccc1F. The van der Waals surface area contributed by atoms with Crippen LogP contribution in [0.5, 0.6) is 0 Å². The average molecular weight is 216 g/mol. The lowest BCUT2D eigenvalue weighted by Crippen LogP contribution is -2.13. The number of halogens is 1. The number of hydrogen-bond acceptors (Lipinski definition) is 3. The molecule has 0 spiro atoms. The van der Waals surface area contributed by atoms with E-state index in [1.807, 2.05) is 0 Å². The van der Waals surface area contributed by atoms with Crippen LogP contribution in [0.25, 0.3) is 0 Å². The molecule has 5 heteroatoms. The molecule has 76 valence electrons. The van der Waals surface area contributed by atoms with E-state index in [-0.39, 0.29) is 16.8 Å². The fourth-order valence-corrected chi connectivity index (χ4v) is 2.71. The molecule has 0 unspecified atom stereocenters. The van der Waals surface area contributed by atoms with Gasteiger partial charge in [0.2, 0.25) is 0 Å². The summed E-state index contributed by atoms with van der Waals surface area (Å²) in [4.78, 5) is -0.240. The molecule has 0 amide bonds. The smallest absolute Gasteiger partial charge is 0.183 e. The molecule has 0 aromatic heterocycles. The zero-order chi connectivity index (χ0) is 10.2. The second kappa shape index (κ2) is 3.33. The van der Waals surface area contributed by atoms with Gasteiger partial charge in [-0.3, -0.25) is 0 Å². The van der Waals surface area contributed by atoms with Gasteiger partial charge in [0.05, 0.1) is 18.5 Å². The number of ether oxygens (including phenoxy) is 1. The Morgan fingerprint density at radius 3 is 2.64 bits per heavy atom. The molecule has 3 nitrogen and oxygen atoms in total. The summed E-state index contributed by atoms with van der Waals surface area (Å²) in [5.41, 5.74) is 0. The Hall–Kier alpha value is -0.940. The summed E-state index contributed by atoms with van der Waals surface area (Å²) in [5, 5.41) is 0. The van der Waals surface area contributed by atoms with Gasteiger partial charge in [-0.2, -0.15) is 0 Å². The minimum atomic E-state index is -3.53. The Morgan fingerprint density at radius 2 is 2.07 bits per heavy atom. The van der Waals surface area contributed by atoms with Gasteiger partial charge in [0.1, 0.15) is 10.7 Å². The van der Waals surface area contributed by atoms with Gasteiger partial charge in [-0.1, -0.05) is 12.1 Å². The van der Waals surface area contributed by atoms with E-state index in [2.05, 4.69) is 0 Å². The quantitative estimate of drug-likeness (QED) is 0.708. The van der Waals surface area contributed by atoms with Crippen molar-refractivity contribution >= 4 is 9.84 Å². The molecule has 1 fully saturated rings. The fraction of sp³-hybridized carbons (Fsp3) is 0.333. The molecule has 1 aliphatic rings. The summed E-state index contributed by atoms with van der Waals surface area (Å²) < 4.78 is 41.1. The lowest BCUT2D eigenvalue weighted by atomic mass is 10.3. The van der Waals surface area contributed by atoms with E-state index in [0.717, 1.165) is 6.07 Å². The van der Waals surface area contributed by atoms with Crippen molar-refractivity contribution in [1.82, 2.24) is 0 Å². The van der Waals surface area contributed by atoms with Crippen LogP contribution in [0.3, 0.4) is 0 Å². The van der Waals surface area contributed by atoms with Gasteiger partial charge in [-0.15, -0.1) is 0 Å². The molecule has 1 heterocycles. The van der Waals surface area contributed by atoms with Crippen LogP contribution in [0, 0.1) is 5.82 Å². The van der Waals surface area contributed by atoms with Crippen molar-refractivity contribution in [2.24, 2.45) is 0 Å². The van der Waals surface area contributed by atoms with Gasteiger partial charge < -0.3 is 4.74 Å². The molecule has 0 bridgehead atoms. The normalized spacial score (nSPS) is 20.8. The molecule has 1 atom stereocenters. The lowest BCUT2D eigenvalue weighted by molar-refractivity contribution is 0.422. The van der Waals surface area contributed by atoms with Crippen LogP contribution in [0.2, 0.25) is 0 Å². The third-order valence-electron chi connectivity index (χ3n) is 1.98. The monoisotopic (exact) mass is 216 g/mol. The molecule has 14 heavy (non-hydrogen) atoms. The van der Waals surface area contributed by atoms with E-state index < -0.39 is 15.7 Å². The number of benzene rings is 1. The number of epoxide rings is 1. The van der Waals surface area contributed by atoms with Gasteiger partial charge >= 0.3 is 0 Å². The summed E-state index contributed by atoms with van der Waals surface area (Å²) in [6.07, 6.45) is -0.250. The Kier molecular flexibility index (Phi) is 2.28. The number of hydrogen-bond donors (Lipinski definition) is 0. The van der Waals surface area contributed by atoms with Gasteiger partial charge in [0, 0.05) is 0 Å². The predicted molar refractivity (Wildman–Crippen MR) is 48.2 cm³/mol. The van der Waals surface area contributed by atoms with Crippen LogP contribution in [-0.2, 0) is 14.6 Å². The Morgan fingerprint density at radius 1 is 1.43 bits per heavy atom. The van der Waals surface area contributed by atoms with Gasteiger partial charge in [0.15, 0.2) is 9.84 Å². The predicted octanol–water partition coefficient (Wildman–Crippen LogP) is 0.998. The standard InChI is InChI=1S/C9H9FO3S/c10-8-3-1-2-4-9(8)14(11,12)6-7-5-13-7/h1-4,7H,5-6H2/t7-/m0/s1. The third-order valence-corrected chi connectivity index (χ3v) is 3.79. The Bertz CT molecular complexity index is 437. The Balaban J connectivity index is 2.33. The molecule has 0 aliphatic carbocycles. The van der Waals surface area contributed by atoms with Crippen LogP contribution >= 0.6 is 0 Å². The maximum atomic E-state index is 13.1. The third kappa shape index (κ3) is 1.93. The van der Waals surface area contributed by atoms with Crippen molar-refractivity contribution in [1.29, 1.82) is 0 Å². The highest BCUT2D eigenvalue weighted by Gasteiger charge is 2.31. The summed E-state index contributed by atoms with van der Waals surface area (Å²) in [5.74, 6) is -0.832. The van der Waals surface area contributed by atoms with Crippen molar-refractivity contribution in [2.75, 3.05) is 12.4 Å². The van der Waals surface area contributed by atoms with Crippen LogP contribution in [-0.4, -0.2) is 26.9 Å². The lowest BCUT2D eigenvalue weighted by Gasteiger charge is -2.02. The van der Waals surface area contributed by atoms with Gasteiger partial charge in [-0.05, 0) is 12.1 Å². The highest BCUT2D eigenvalue weighted by Crippen LogP contribution is 2.20. The summed E-state index contributed by atoms with van der Waals surface area (Å²) >= 11 is 0. The zero-order valence-electron chi connectivity index (χ0n) is 7.31.